The second-order valence-corrected chi connectivity index (χ2v) is 6.22. The molecule has 2 aromatic rings. The van der Waals surface area contributed by atoms with Crippen molar-refractivity contribution >= 4 is 5.91 Å². The number of carbonyl (C=O) groups is 1. The Morgan fingerprint density at radius 2 is 2.12 bits per heavy atom. The Kier molecular flexibility index (Phi) is 4.97. The molecule has 0 radical (unpaired) electrons. The smallest absolute Gasteiger partial charge is 0.236 e. The molecule has 2 atom stereocenters. The second-order valence-electron chi connectivity index (χ2n) is 6.22. The second kappa shape index (κ2) is 7.15. The molecule has 1 aromatic carbocycles. The molecule has 1 aliphatic heterocycles. The van der Waals surface area contributed by atoms with Gasteiger partial charge in [-0.15, -0.1) is 0 Å². The molecular formula is C18H21FN2O3. The van der Waals surface area contributed by atoms with Crippen LogP contribution in [-0.2, 0) is 11.3 Å². The summed E-state index contributed by atoms with van der Waals surface area (Å²) in [5, 5.41) is 9.99. The first kappa shape index (κ1) is 16.7. The minimum atomic E-state index is -0.483. The molecule has 0 aliphatic carbocycles. The van der Waals surface area contributed by atoms with E-state index in [1.54, 1.807) is 36.4 Å². The lowest BCUT2D eigenvalue weighted by molar-refractivity contribution is -0.132. The fraction of sp³-hybridized carbons (Fsp3) is 0.389. The summed E-state index contributed by atoms with van der Waals surface area (Å²) in [6, 6.07) is 9.76. The number of rotatable bonds is 5. The zero-order valence-corrected chi connectivity index (χ0v) is 13.6. The maximum Gasteiger partial charge on any atom is 0.236 e. The molecule has 0 spiro atoms. The Morgan fingerprint density at radius 1 is 1.38 bits per heavy atom. The van der Waals surface area contributed by atoms with Crippen LogP contribution in [0.2, 0.25) is 0 Å². The Labute approximate surface area is 140 Å². The number of furan rings is 1. The van der Waals surface area contributed by atoms with Crippen LogP contribution in [0.4, 0.5) is 4.39 Å². The average Bonchev–Trinajstić information content (AvgIpc) is 3.18. The van der Waals surface area contributed by atoms with Crippen molar-refractivity contribution in [2.45, 2.75) is 25.1 Å². The monoisotopic (exact) mass is 332 g/mol. The third-order valence-electron chi connectivity index (χ3n) is 4.37. The topological polar surface area (TPSA) is 56.9 Å². The summed E-state index contributed by atoms with van der Waals surface area (Å²) >= 11 is 0. The van der Waals surface area contributed by atoms with E-state index in [2.05, 4.69) is 0 Å². The van der Waals surface area contributed by atoms with Gasteiger partial charge in [0.15, 0.2) is 0 Å². The number of aliphatic hydroxyl groups is 1. The van der Waals surface area contributed by atoms with Crippen molar-refractivity contribution in [3.63, 3.8) is 0 Å². The molecule has 6 heteroatoms. The molecule has 1 N–H and O–H groups in total. The summed E-state index contributed by atoms with van der Waals surface area (Å²) in [5.41, 5.74) is 0.912. The van der Waals surface area contributed by atoms with Gasteiger partial charge in [0.2, 0.25) is 5.91 Å². The minimum absolute atomic E-state index is 0.0485. The van der Waals surface area contributed by atoms with Gasteiger partial charge in [-0.3, -0.25) is 9.69 Å². The van der Waals surface area contributed by atoms with Gasteiger partial charge < -0.3 is 14.4 Å². The van der Waals surface area contributed by atoms with E-state index in [9.17, 15) is 14.3 Å². The molecule has 128 valence electrons. The fourth-order valence-electron chi connectivity index (χ4n) is 3.10. The van der Waals surface area contributed by atoms with E-state index in [-0.39, 0.29) is 24.3 Å². The highest BCUT2D eigenvalue weighted by atomic mass is 19.1. The fourth-order valence-corrected chi connectivity index (χ4v) is 3.10. The van der Waals surface area contributed by atoms with Gasteiger partial charge in [-0.25, -0.2) is 4.39 Å². The number of likely N-dealkylation sites (tertiary alicyclic amines) is 1. The molecule has 5 nitrogen and oxygen atoms in total. The quantitative estimate of drug-likeness (QED) is 0.912. The van der Waals surface area contributed by atoms with Crippen molar-refractivity contribution in [2.75, 3.05) is 20.1 Å². The summed E-state index contributed by atoms with van der Waals surface area (Å²) in [7, 11) is 1.73. The van der Waals surface area contributed by atoms with Gasteiger partial charge in [-0.1, -0.05) is 12.1 Å². The van der Waals surface area contributed by atoms with Crippen LogP contribution < -0.4 is 0 Å². The van der Waals surface area contributed by atoms with Crippen molar-refractivity contribution < 1.29 is 18.7 Å². The summed E-state index contributed by atoms with van der Waals surface area (Å²) in [4.78, 5) is 16.0. The largest absolute Gasteiger partial charge is 0.467 e. The minimum Gasteiger partial charge on any atom is -0.467 e. The zero-order chi connectivity index (χ0) is 17.1. The SMILES string of the molecule is CN(Cc1ccco1)C(=O)CN1C[C@H](O)C[C@H]1c1ccc(F)cc1. The van der Waals surface area contributed by atoms with Crippen LogP contribution in [0.5, 0.6) is 0 Å². The number of hydrogen-bond acceptors (Lipinski definition) is 4. The van der Waals surface area contributed by atoms with Crippen molar-refractivity contribution in [2.24, 2.45) is 0 Å². The molecule has 0 bridgehead atoms. The summed E-state index contributed by atoms with van der Waals surface area (Å²) in [6.07, 6.45) is 1.64. The predicted molar refractivity (Wildman–Crippen MR) is 86.5 cm³/mol. The Bertz CT molecular complexity index is 672. The first-order valence-electron chi connectivity index (χ1n) is 7.97. The lowest BCUT2D eigenvalue weighted by Gasteiger charge is -2.26. The number of β-amino-alcohol motifs (C(OH)–C–C–N with tert-alkyl or cyclic N) is 1. The average molecular weight is 332 g/mol. The number of carbonyl (C=O) groups excluding carboxylic acids is 1. The summed E-state index contributed by atoms with van der Waals surface area (Å²) in [5.74, 6) is 0.383. The van der Waals surface area contributed by atoms with Crippen LogP contribution in [0.25, 0.3) is 0 Å². The van der Waals surface area contributed by atoms with Crippen molar-refractivity contribution in [1.29, 1.82) is 0 Å². The summed E-state index contributed by atoms with van der Waals surface area (Å²) < 4.78 is 18.4. The Hall–Kier alpha value is -2.18. The molecule has 1 fully saturated rings. The number of halogens is 1. The molecular weight excluding hydrogens is 311 g/mol. The van der Waals surface area contributed by atoms with Gasteiger partial charge in [-0.2, -0.15) is 0 Å². The molecule has 24 heavy (non-hydrogen) atoms. The van der Waals surface area contributed by atoms with E-state index in [1.807, 2.05) is 11.0 Å². The van der Waals surface area contributed by atoms with Gasteiger partial charge in [-0.05, 0) is 36.2 Å². The van der Waals surface area contributed by atoms with Crippen LogP contribution in [0.1, 0.15) is 23.8 Å². The van der Waals surface area contributed by atoms with Crippen molar-refractivity contribution in [1.82, 2.24) is 9.80 Å². The molecule has 1 aromatic heterocycles. The number of likely N-dealkylation sites (N-methyl/N-ethyl adjacent to an activating group) is 1. The maximum absolute atomic E-state index is 13.1. The number of hydrogen-bond donors (Lipinski definition) is 1. The summed E-state index contributed by atoms with van der Waals surface area (Å²) in [6.45, 7) is 1.04. The Balaban J connectivity index is 1.65. The van der Waals surface area contributed by atoms with E-state index in [0.717, 1.165) is 11.3 Å². The van der Waals surface area contributed by atoms with E-state index >= 15 is 0 Å². The molecule has 1 amide bonds. The molecule has 3 rings (SSSR count). The van der Waals surface area contributed by atoms with Crippen LogP contribution in [0.15, 0.2) is 47.1 Å². The van der Waals surface area contributed by atoms with E-state index in [4.69, 9.17) is 4.42 Å². The van der Waals surface area contributed by atoms with E-state index < -0.39 is 6.10 Å². The molecule has 0 saturated carbocycles. The lowest BCUT2D eigenvalue weighted by atomic mass is 10.0. The van der Waals surface area contributed by atoms with Crippen molar-refractivity contribution in [3.8, 4) is 0 Å². The highest BCUT2D eigenvalue weighted by molar-refractivity contribution is 5.78. The van der Waals surface area contributed by atoms with Gasteiger partial charge in [0, 0.05) is 19.6 Å². The molecule has 1 saturated heterocycles. The van der Waals surface area contributed by atoms with Gasteiger partial charge in [0.1, 0.15) is 11.6 Å². The third-order valence-corrected chi connectivity index (χ3v) is 4.37. The Morgan fingerprint density at radius 3 is 2.79 bits per heavy atom. The number of nitrogens with zero attached hydrogens (tertiary/aromatic N) is 2. The number of amides is 1. The zero-order valence-electron chi connectivity index (χ0n) is 13.6. The van der Waals surface area contributed by atoms with E-state index in [0.29, 0.717) is 19.5 Å². The normalized spacial score (nSPS) is 21.1. The number of aliphatic hydroxyl groups excluding tert-OH is 1. The van der Waals surface area contributed by atoms with E-state index in [1.165, 1.54) is 12.1 Å². The molecule has 1 aliphatic rings. The van der Waals surface area contributed by atoms with Crippen LogP contribution in [0, 0.1) is 5.82 Å². The van der Waals surface area contributed by atoms with Crippen LogP contribution >= 0.6 is 0 Å². The van der Waals surface area contributed by atoms with Crippen molar-refractivity contribution in [3.05, 3.63) is 59.8 Å². The first-order valence-corrected chi connectivity index (χ1v) is 7.97. The highest BCUT2D eigenvalue weighted by Crippen LogP contribution is 2.32. The lowest BCUT2D eigenvalue weighted by Crippen LogP contribution is -2.38. The standard InChI is InChI=1S/C18H21FN2O3/c1-20(11-16-3-2-8-24-16)18(23)12-21-10-15(22)9-17(21)13-4-6-14(19)7-5-13/h2-8,15,17,22H,9-12H2,1H3/t15-,17+/m1/s1. The molecule has 0 unspecified atom stereocenters. The van der Waals surface area contributed by atoms with Gasteiger partial charge in [0.05, 0.1) is 25.5 Å². The predicted octanol–water partition coefficient (Wildman–Crippen LogP) is 2.19. The van der Waals surface area contributed by atoms with Crippen LogP contribution in [-0.4, -0.2) is 47.1 Å². The first-order chi connectivity index (χ1) is 11.5. The highest BCUT2D eigenvalue weighted by Gasteiger charge is 2.33. The molecule has 2 heterocycles. The number of benzene rings is 1. The maximum atomic E-state index is 13.1. The van der Waals surface area contributed by atoms with Gasteiger partial charge >= 0.3 is 0 Å². The third kappa shape index (κ3) is 3.83. The van der Waals surface area contributed by atoms with Gasteiger partial charge in [0.25, 0.3) is 0 Å². The van der Waals surface area contributed by atoms with Crippen LogP contribution in [0.3, 0.4) is 0 Å².